The summed E-state index contributed by atoms with van der Waals surface area (Å²) in [4.78, 5) is 29.2. The Morgan fingerprint density at radius 2 is 2.08 bits per heavy atom. The number of hydrogen-bond donors (Lipinski definition) is 0. The van der Waals surface area contributed by atoms with E-state index in [0.717, 1.165) is 23.0 Å². The molecule has 0 bridgehead atoms. The number of imidazole rings is 1. The van der Waals surface area contributed by atoms with E-state index in [1.165, 1.54) is 12.1 Å². The van der Waals surface area contributed by atoms with Crippen LogP contribution in [0.4, 0.5) is 11.4 Å². The monoisotopic (exact) mass is 336 g/mol. The molecule has 0 fully saturated rings. The highest BCUT2D eigenvalue weighted by Crippen LogP contribution is 2.32. The smallest absolute Gasteiger partial charge is 0.271 e. The number of amides is 1. The minimum atomic E-state index is -0.432. The van der Waals surface area contributed by atoms with Crippen molar-refractivity contribution in [3.05, 3.63) is 64.5 Å². The molecule has 1 amide bonds. The summed E-state index contributed by atoms with van der Waals surface area (Å²) in [7, 11) is 0. The molecule has 0 aliphatic carbocycles. The van der Waals surface area contributed by atoms with Gasteiger partial charge in [-0.3, -0.25) is 14.9 Å². The van der Waals surface area contributed by atoms with Gasteiger partial charge in [0, 0.05) is 31.6 Å². The van der Waals surface area contributed by atoms with E-state index in [-0.39, 0.29) is 11.6 Å². The molecule has 1 aliphatic rings. The van der Waals surface area contributed by atoms with Crippen molar-refractivity contribution in [3.63, 3.8) is 0 Å². The molecule has 0 spiro atoms. The van der Waals surface area contributed by atoms with Gasteiger partial charge in [0.1, 0.15) is 0 Å². The fraction of sp³-hybridized carbons (Fsp3) is 0.222. The Balaban J connectivity index is 1.51. The molecular formula is C18H16N4O3. The molecule has 126 valence electrons. The Hall–Kier alpha value is -3.22. The van der Waals surface area contributed by atoms with Crippen molar-refractivity contribution >= 4 is 28.3 Å². The number of carbonyl (C=O) groups is 1. The van der Waals surface area contributed by atoms with Gasteiger partial charge >= 0.3 is 0 Å². The van der Waals surface area contributed by atoms with Gasteiger partial charge in [0.25, 0.3) is 5.69 Å². The maximum Gasteiger partial charge on any atom is 0.271 e. The van der Waals surface area contributed by atoms with Gasteiger partial charge in [-0.25, -0.2) is 4.98 Å². The van der Waals surface area contributed by atoms with E-state index in [1.807, 2.05) is 28.8 Å². The van der Waals surface area contributed by atoms with E-state index in [0.29, 0.717) is 25.2 Å². The van der Waals surface area contributed by atoms with Crippen molar-refractivity contribution in [1.29, 1.82) is 0 Å². The summed E-state index contributed by atoms with van der Waals surface area (Å²) >= 11 is 0. The molecule has 7 nitrogen and oxygen atoms in total. The molecule has 1 aromatic heterocycles. The van der Waals surface area contributed by atoms with Gasteiger partial charge in [0.15, 0.2) is 0 Å². The molecule has 0 N–H and O–H groups in total. The summed E-state index contributed by atoms with van der Waals surface area (Å²) in [6.45, 7) is 1.10. The molecule has 2 aromatic carbocycles. The molecular weight excluding hydrogens is 320 g/mol. The van der Waals surface area contributed by atoms with Gasteiger partial charge in [-0.15, -0.1) is 0 Å². The summed E-state index contributed by atoms with van der Waals surface area (Å²) in [6, 6.07) is 12.5. The van der Waals surface area contributed by atoms with Crippen LogP contribution in [0.1, 0.15) is 12.0 Å². The number of hydrogen-bond acceptors (Lipinski definition) is 4. The number of rotatable bonds is 4. The summed E-state index contributed by atoms with van der Waals surface area (Å²) in [6.07, 6.45) is 2.79. The lowest BCUT2D eigenvalue weighted by Crippen LogP contribution is -2.29. The second kappa shape index (κ2) is 6.01. The van der Waals surface area contributed by atoms with Gasteiger partial charge in [-0.05, 0) is 24.1 Å². The third kappa shape index (κ3) is 2.73. The summed E-state index contributed by atoms with van der Waals surface area (Å²) in [5, 5.41) is 11.0. The zero-order valence-electron chi connectivity index (χ0n) is 13.5. The lowest BCUT2D eigenvalue weighted by Gasteiger charge is -2.17. The Morgan fingerprint density at radius 1 is 1.24 bits per heavy atom. The maximum absolute atomic E-state index is 12.6. The molecule has 0 atom stereocenters. The van der Waals surface area contributed by atoms with Crippen molar-refractivity contribution in [2.75, 3.05) is 11.4 Å². The van der Waals surface area contributed by atoms with Crippen molar-refractivity contribution < 1.29 is 9.72 Å². The Morgan fingerprint density at radius 3 is 2.92 bits per heavy atom. The van der Waals surface area contributed by atoms with Crippen LogP contribution in [0.5, 0.6) is 0 Å². The molecule has 4 rings (SSSR count). The largest absolute Gasteiger partial charge is 0.330 e. The molecule has 0 unspecified atom stereocenters. The number of non-ortho nitro benzene ring substituents is 1. The van der Waals surface area contributed by atoms with Crippen LogP contribution in [-0.4, -0.2) is 26.9 Å². The number of nitrogens with zero attached hydrogens (tertiary/aromatic N) is 4. The van der Waals surface area contributed by atoms with Crippen LogP contribution < -0.4 is 4.90 Å². The van der Waals surface area contributed by atoms with Crippen LogP contribution in [-0.2, 0) is 17.8 Å². The molecule has 3 aromatic rings. The predicted octanol–water partition coefficient (Wildman–Crippen LogP) is 2.92. The maximum atomic E-state index is 12.6. The lowest BCUT2D eigenvalue weighted by molar-refractivity contribution is -0.384. The quantitative estimate of drug-likeness (QED) is 0.542. The van der Waals surface area contributed by atoms with Crippen LogP contribution in [0.15, 0.2) is 48.8 Å². The standard InChI is InChI=1S/C18H16N4O3/c23-18(8-9-20-12-19-15-3-1-2-4-16(15)20)21-10-7-13-5-6-14(22(24)25)11-17(13)21/h1-6,11-12H,7-10H2. The van der Waals surface area contributed by atoms with Gasteiger partial charge in [0.2, 0.25) is 5.91 Å². The first-order valence-corrected chi connectivity index (χ1v) is 8.11. The van der Waals surface area contributed by atoms with Crippen molar-refractivity contribution in [1.82, 2.24) is 9.55 Å². The minimum absolute atomic E-state index is 0.0130. The van der Waals surface area contributed by atoms with Crippen LogP contribution >= 0.6 is 0 Å². The average molecular weight is 336 g/mol. The summed E-state index contributed by atoms with van der Waals surface area (Å²) < 4.78 is 1.96. The number of aromatic nitrogens is 2. The first-order valence-electron chi connectivity index (χ1n) is 8.11. The lowest BCUT2D eigenvalue weighted by atomic mass is 10.1. The number of para-hydroxylation sites is 2. The fourth-order valence-corrected chi connectivity index (χ4v) is 3.28. The molecule has 0 saturated heterocycles. The Bertz CT molecular complexity index is 979. The molecule has 0 radical (unpaired) electrons. The molecule has 0 saturated carbocycles. The average Bonchev–Trinajstić information content (AvgIpc) is 3.23. The Kier molecular flexibility index (Phi) is 3.68. The number of benzene rings is 2. The van der Waals surface area contributed by atoms with Gasteiger partial charge in [-0.2, -0.15) is 0 Å². The third-order valence-corrected chi connectivity index (χ3v) is 4.57. The van der Waals surface area contributed by atoms with Crippen LogP contribution in [0.2, 0.25) is 0 Å². The molecule has 25 heavy (non-hydrogen) atoms. The van der Waals surface area contributed by atoms with Gasteiger partial charge in [-0.1, -0.05) is 18.2 Å². The molecule has 2 heterocycles. The molecule has 7 heteroatoms. The highest BCUT2D eigenvalue weighted by molar-refractivity contribution is 5.96. The first-order chi connectivity index (χ1) is 12.1. The zero-order valence-corrected chi connectivity index (χ0v) is 13.5. The number of aryl methyl sites for hydroxylation is 1. The number of nitro groups is 1. The molecule has 1 aliphatic heterocycles. The van der Waals surface area contributed by atoms with Crippen molar-refractivity contribution in [2.24, 2.45) is 0 Å². The van der Waals surface area contributed by atoms with Crippen molar-refractivity contribution in [3.8, 4) is 0 Å². The second-order valence-electron chi connectivity index (χ2n) is 6.04. The summed E-state index contributed by atoms with van der Waals surface area (Å²) in [5.41, 5.74) is 3.55. The third-order valence-electron chi connectivity index (χ3n) is 4.57. The van der Waals surface area contributed by atoms with E-state index in [2.05, 4.69) is 4.98 Å². The Labute approximate surface area is 143 Å². The van der Waals surface area contributed by atoms with E-state index in [9.17, 15) is 14.9 Å². The van der Waals surface area contributed by atoms with Crippen LogP contribution in [0, 0.1) is 10.1 Å². The van der Waals surface area contributed by atoms with E-state index in [4.69, 9.17) is 0 Å². The highest BCUT2D eigenvalue weighted by Gasteiger charge is 2.26. The highest BCUT2D eigenvalue weighted by atomic mass is 16.6. The van der Waals surface area contributed by atoms with Gasteiger partial charge in [0.05, 0.1) is 28.0 Å². The van der Waals surface area contributed by atoms with Crippen LogP contribution in [0.3, 0.4) is 0 Å². The normalized spacial score (nSPS) is 13.2. The predicted molar refractivity (Wildman–Crippen MR) is 93.5 cm³/mol. The van der Waals surface area contributed by atoms with Gasteiger partial charge < -0.3 is 9.47 Å². The number of fused-ring (bicyclic) bond motifs is 2. The van der Waals surface area contributed by atoms with Crippen molar-refractivity contribution in [2.45, 2.75) is 19.4 Å². The topological polar surface area (TPSA) is 81.3 Å². The zero-order chi connectivity index (χ0) is 17.4. The van der Waals surface area contributed by atoms with E-state index >= 15 is 0 Å². The SMILES string of the molecule is O=C(CCn1cnc2ccccc21)N1CCc2ccc([N+](=O)[O-])cc21. The number of carbonyl (C=O) groups excluding carboxylic acids is 1. The summed E-state index contributed by atoms with van der Waals surface area (Å²) in [5.74, 6) is -0.0305. The van der Waals surface area contributed by atoms with Crippen LogP contribution in [0.25, 0.3) is 11.0 Å². The van der Waals surface area contributed by atoms with E-state index in [1.54, 1.807) is 17.3 Å². The first kappa shape index (κ1) is 15.3. The fourth-order valence-electron chi connectivity index (χ4n) is 3.28. The second-order valence-corrected chi connectivity index (χ2v) is 6.04. The van der Waals surface area contributed by atoms with E-state index < -0.39 is 4.92 Å². The minimum Gasteiger partial charge on any atom is -0.330 e. The number of anilines is 1. The number of nitro benzene ring substituents is 1.